The molecule has 1 aromatic carbocycles. The van der Waals surface area contributed by atoms with Crippen LogP contribution in [0.2, 0.25) is 0 Å². The lowest BCUT2D eigenvalue weighted by Crippen LogP contribution is -2.44. The topological polar surface area (TPSA) is 0 Å². The normalized spacial score (nSPS) is 37.1. The van der Waals surface area contributed by atoms with Gasteiger partial charge in [0.1, 0.15) is 0 Å². The van der Waals surface area contributed by atoms with Gasteiger partial charge in [0.05, 0.1) is 5.56 Å². The highest BCUT2D eigenvalue weighted by Gasteiger charge is 2.49. The third-order valence-electron chi connectivity index (χ3n) is 5.93. The van der Waals surface area contributed by atoms with Gasteiger partial charge in [-0.1, -0.05) is 24.3 Å². The Morgan fingerprint density at radius 2 is 1.55 bits per heavy atom. The highest BCUT2D eigenvalue weighted by Crippen LogP contribution is 2.60. The number of hydrogen-bond donors (Lipinski definition) is 0. The fraction of sp³-hybridized carbons (Fsp3) is 0.579. The maximum absolute atomic E-state index is 12.8. The smallest absolute Gasteiger partial charge is 0.166 e. The SMILES string of the molecule is FC(F)(F)c1cccc(/C=C\C23CC4CC(CC(C4)C2)C3)c1. The van der Waals surface area contributed by atoms with Crippen molar-refractivity contribution in [1.29, 1.82) is 0 Å². The molecular weight excluding hydrogens is 285 g/mol. The highest BCUT2D eigenvalue weighted by atomic mass is 19.4. The molecule has 4 bridgehead atoms. The summed E-state index contributed by atoms with van der Waals surface area (Å²) in [6, 6.07) is 5.67. The van der Waals surface area contributed by atoms with E-state index in [0.29, 0.717) is 5.56 Å². The standard InChI is InChI=1S/C19H21F3/c20-19(21,22)17-3-1-2-13(9-17)4-5-18-10-14-6-15(11-18)8-16(7-14)12-18/h1-5,9,14-16H,6-8,10-12H2/b5-4-. The van der Waals surface area contributed by atoms with Gasteiger partial charge in [0.25, 0.3) is 0 Å². The van der Waals surface area contributed by atoms with Crippen LogP contribution in [0.3, 0.4) is 0 Å². The van der Waals surface area contributed by atoms with E-state index in [4.69, 9.17) is 0 Å². The molecule has 0 N–H and O–H groups in total. The molecule has 5 rings (SSSR count). The highest BCUT2D eigenvalue weighted by molar-refractivity contribution is 5.52. The van der Waals surface area contributed by atoms with Gasteiger partial charge < -0.3 is 0 Å². The minimum Gasteiger partial charge on any atom is -0.166 e. The molecule has 22 heavy (non-hydrogen) atoms. The average molecular weight is 306 g/mol. The van der Waals surface area contributed by atoms with Gasteiger partial charge in [0, 0.05) is 0 Å². The van der Waals surface area contributed by atoms with Crippen molar-refractivity contribution in [2.75, 3.05) is 0 Å². The summed E-state index contributed by atoms with van der Waals surface area (Å²) in [6.45, 7) is 0. The second-order valence-corrected chi connectivity index (χ2v) is 7.74. The molecule has 0 saturated heterocycles. The van der Waals surface area contributed by atoms with Crippen molar-refractivity contribution < 1.29 is 13.2 Å². The fourth-order valence-corrected chi connectivity index (χ4v) is 5.47. The predicted molar refractivity (Wildman–Crippen MR) is 81.1 cm³/mol. The zero-order valence-electron chi connectivity index (χ0n) is 12.6. The molecule has 4 aliphatic rings. The second-order valence-electron chi connectivity index (χ2n) is 7.74. The van der Waals surface area contributed by atoms with Crippen molar-refractivity contribution >= 4 is 6.08 Å². The van der Waals surface area contributed by atoms with E-state index in [1.165, 1.54) is 50.7 Å². The van der Waals surface area contributed by atoms with E-state index in [0.717, 1.165) is 23.8 Å². The minimum absolute atomic E-state index is 0.267. The Morgan fingerprint density at radius 3 is 2.09 bits per heavy atom. The molecule has 0 atom stereocenters. The molecule has 118 valence electrons. The van der Waals surface area contributed by atoms with Crippen LogP contribution in [-0.2, 0) is 6.18 Å². The van der Waals surface area contributed by atoms with E-state index in [1.807, 2.05) is 6.08 Å². The zero-order chi connectivity index (χ0) is 15.4. The molecule has 3 heteroatoms. The lowest BCUT2D eigenvalue weighted by molar-refractivity contribution is -0.137. The number of alkyl halides is 3. The summed E-state index contributed by atoms with van der Waals surface area (Å²) >= 11 is 0. The molecule has 0 spiro atoms. The van der Waals surface area contributed by atoms with Gasteiger partial charge in [-0.25, -0.2) is 0 Å². The van der Waals surface area contributed by atoms with E-state index in [-0.39, 0.29) is 5.41 Å². The van der Waals surface area contributed by atoms with Crippen molar-refractivity contribution in [3.8, 4) is 0 Å². The van der Waals surface area contributed by atoms with Crippen LogP contribution >= 0.6 is 0 Å². The molecule has 0 unspecified atom stereocenters. The lowest BCUT2D eigenvalue weighted by Gasteiger charge is -2.55. The summed E-state index contributed by atoms with van der Waals surface area (Å²) in [7, 11) is 0. The molecule has 0 aromatic heterocycles. The number of hydrogen-bond acceptors (Lipinski definition) is 0. The molecule has 4 fully saturated rings. The van der Waals surface area contributed by atoms with Crippen LogP contribution in [0, 0.1) is 23.2 Å². The first-order valence-corrected chi connectivity index (χ1v) is 8.28. The largest absolute Gasteiger partial charge is 0.416 e. The summed E-state index contributed by atoms with van der Waals surface area (Å²) in [5, 5.41) is 0. The summed E-state index contributed by atoms with van der Waals surface area (Å²) in [5.41, 5.74) is 0.383. The third kappa shape index (κ3) is 2.59. The Bertz CT molecular complexity index is 562. The van der Waals surface area contributed by atoms with E-state index in [1.54, 1.807) is 6.07 Å². The Kier molecular flexibility index (Phi) is 3.18. The van der Waals surface area contributed by atoms with Crippen LogP contribution in [0.1, 0.15) is 49.7 Å². The Labute approximate surface area is 129 Å². The summed E-state index contributed by atoms with van der Waals surface area (Å²) in [4.78, 5) is 0. The minimum atomic E-state index is -4.26. The second kappa shape index (κ2) is 4.87. The Balaban J connectivity index is 1.57. The van der Waals surface area contributed by atoms with Crippen molar-refractivity contribution in [2.24, 2.45) is 23.2 Å². The molecule has 4 aliphatic carbocycles. The van der Waals surface area contributed by atoms with Crippen molar-refractivity contribution in [1.82, 2.24) is 0 Å². The molecule has 1 aromatic rings. The van der Waals surface area contributed by atoms with Gasteiger partial charge in [-0.05, 0) is 79.4 Å². The van der Waals surface area contributed by atoms with Gasteiger partial charge in [0.2, 0.25) is 0 Å². The predicted octanol–water partition coefficient (Wildman–Crippen LogP) is 5.94. The number of halogens is 3. The molecule has 0 heterocycles. The number of benzene rings is 1. The molecule has 0 aliphatic heterocycles. The maximum Gasteiger partial charge on any atom is 0.416 e. The van der Waals surface area contributed by atoms with E-state index >= 15 is 0 Å². The third-order valence-corrected chi connectivity index (χ3v) is 5.93. The van der Waals surface area contributed by atoms with Crippen molar-refractivity contribution in [2.45, 2.75) is 44.7 Å². The summed E-state index contributed by atoms with van der Waals surface area (Å²) in [6.07, 6.45) is 7.81. The molecular formula is C19H21F3. The number of allylic oxidation sites excluding steroid dienone is 1. The van der Waals surface area contributed by atoms with Crippen LogP contribution in [-0.4, -0.2) is 0 Å². The molecule has 0 amide bonds. The van der Waals surface area contributed by atoms with Gasteiger partial charge in [-0.2, -0.15) is 13.2 Å². The maximum atomic E-state index is 12.8. The van der Waals surface area contributed by atoms with E-state index < -0.39 is 11.7 Å². The zero-order valence-corrected chi connectivity index (χ0v) is 12.6. The van der Waals surface area contributed by atoms with E-state index in [9.17, 15) is 13.2 Å². The van der Waals surface area contributed by atoms with Crippen LogP contribution in [0.5, 0.6) is 0 Å². The summed E-state index contributed by atoms with van der Waals surface area (Å²) in [5.74, 6) is 2.58. The van der Waals surface area contributed by atoms with Crippen LogP contribution < -0.4 is 0 Å². The number of rotatable bonds is 2. The summed E-state index contributed by atoms with van der Waals surface area (Å²) < 4.78 is 38.4. The molecule has 0 radical (unpaired) electrons. The first kappa shape index (κ1) is 14.3. The van der Waals surface area contributed by atoms with Crippen LogP contribution in [0.25, 0.3) is 6.08 Å². The monoisotopic (exact) mass is 306 g/mol. The lowest BCUT2D eigenvalue weighted by atomic mass is 9.49. The Hall–Kier alpha value is -1.25. The van der Waals surface area contributed by atoms with Gasteiger partial charge in [-0.15, -0.1) is 0 Å². The van der Waals surface area contributed by atoms with Crippen LogP contribution in [0.4, 0.5) is 13.2 Å². The fourth-order valence-electron chi connectivity index (χ4n) is 5.47. The van der Waals surface area contributed by atoms with Crippen molar-refractivity contribution in [3.63, 3.8) is 0 Å². The van der Waals surface area contributed by atoms with Gasteiger partial charge in [-0.3, -0.25) is 0 Å². The first-order chi connectivity index (χ1) is 10.4. The first-order valence-electron chi connectivity index (χ1n) is 8.28. The van der Waals surface area contributed by atoms with Crippen LogP contribution in [0.15, 0.2) is 30.3 Å². The Morgan fingerprint density at radius 1 is 0.955 bits per heavy atom. The van der Waals surface area contributed by atoms with E-state index in [2.05, 4.69) is 6.08 Å². The quantitative estimate of drug-likeness (QED) is 0.634. The van der Waals surface area contributed by atoms with Crippen molar-refractivity contribution in [3.05, 3.63) is 41.5 Å². The molecule has 0 nitrogen and oxygen atoms in total. The molecule has 4 saturated carbocycles. The van der Waals surface area contributed by atoms with Gasteiger partial charge >= 0.3 is 6.18 Å². The average Bonchev–Trinajstić information content (AvgIpc) is 2.43. The van der Waals surface area contributed by atoms with Gasteiger partial charge in [0.15, 0.2) is 0 Å².